The van der Waals surface area contributed by atoms with Gasteiger partial charge in [0, 0.05) is 5.56 Å². The van der Waals surface area contributed by atoms with E-state index in [0.29, 0.717) is 12.3 Å². The highest BCUT2D eigenvalue weighted by Gasteiger charge is 1.98. The Morgan fingerprint density at radius 2 is 2.50 bits per heavy atom. The Morgan fingerprint density at radius 3 is 3.00 bits per heavy atom. The normalized spacial score (nSPS) is 9.40. The molecule has 10 heavy (non-hydrogen) atoms. The predicted molar refractivity (Wildman–Crippen MR) is 37.6 cm³/mol. The van der Waals surface area contributed by atoms with Crippen molar-refractivity contribution in [1.29, 1.82) is 0 Å². The van der Waals surface area contributed by atoms with Crippen LogP contribution in [0.2, 0.25) is 0 Å². The molecule has 0 atom stereocenters. The van der Waals surface area contributed by atoms with E-state index in [1.165, 1.54) is 0 Å². The molecule has 0 aliphatic rings. The molecule has 3 heteroatoms. The Kier molecular flexibility index (Phi) is 2.20. The third-order valence-electron chi connectivity index (χ3n) is 1.23. The molecule has 0 aliphatic carbocycles. The van der Waals surface area contributed by atoms with Crippen LogP contribution in [0.3, 0.4) is 0 Å². The standard InChI is InChI=1S/C7H9N2O/c1-3-6-4-5-8-9-7(6)10-2/h4-5H,1,3H2,2H3. The van der Waals surface area contributed by atoms with E-state index in [1.807, 2.05) is 6.07 Å². The van der Waals surface area contributed by atoms with Gasteiger partial charge in [0.2, 0.25) is 5.88 Å². The van der Waals surface area contributed by atoms with E-state index in [4.69, 9.17) is 4.74 Å². The van der Waals surface area contributed by atoms with Gasteiger partial charge in [0.1, 0.15) is 0 Å². The van der Waals surface area contributed by atoms with Gasteiger partial charge < -0.3 is 4.74 Å². The molecule has 53 valence electrons. The van der Waals surface area contributed by atoms with Gasteiger partial charge in [-0.2, -0.15) is 5.10 Å². The molecule has 0 aromatic carbocycles. The van der Waals surface area contributed by atoms with E-state index in [-0.39, 0.29) is 0 Å². The molecule has 0 aliphatic heterocycles. The fourth-order valence-electron chi connectivity index (χ4n) is 0.707. The molecule has 3 nitrogen and oxygen atoms in total. The van der Waals surface area contributed by atoms with Crippen molar-refractivity contribution in [2.45, 2.75) is 6.42 Å². The molecule has 0 bridgehead atoms. The average molecular weight is 137 g/mol. The quantitative estimate of drug-likeness (QED) is 0.606. The molecule has 1 aromatic heterocycles. The molecule has 0 amide bonds. The molecular formula is C7H9N2O. The maximum Gasteiger partial charge on any atom is 0.236 e. The molecule has 0 unspecified atom stereocenters. The molecule has 1 aromatic rings. The molecular weight excluding hydrogens is 128 g/mol. The predicted octanol–water partition coefficient (Wildman–Crippen LogP) is 0.862. The van der Waals surface area contributed by atoms with E-state index >= 15 is 0 Å². The van der Waals surface area contributed by atoms with E-state index in [2.05, 4.69) is 17.1 Å². The van der Waals surface area contributed by atoms with Gasteiger partial charge in [-0.25, -0.2) is 0 Å². The topological polar surface area (TPSA) is 35.0 Å². The van der Waals surface area contributed by atoms with Crippen molar-refractivity contribution in [1.82, 2.24) is 10.2 Å². The van der Waals surface area contributed by atoms with Gasteiger partial charge in [-0.15, -0.1) is 5.10 Å². The highest BCUT2D eigenvalue weighted by atomic mass is 16.5. The summed E-state index contributed by atoms with van der Waals surface area (Å²) in [5.41, 5.74) is 0.984. The van der Waals surface area contributed by atoms with E-state index in [1.54, 1.807) is 13.3 Å². The maximum absolute atomic E-state index is 4.92. The van der Waals surface area contributed by atoms with Crippen molar-refractivity contribution in [3.63, 3.8) is 0 Å². The van der Waals surface area contributed by atoms with Crippen LogP contribution in [0, 0.1) is 6.92 Å². The summed E-state index contributed by atoms with van der Waals surface area (Å²) in [6.45, 7) is 3.72. The van der Waals surface area contributed by atoms with Crippen molar-refractivity contribution in [2.24, 2.45) is 0 Å². The van der Waals surface area contributed by atoms with Crippen LogP contribution in [0.15, 0.2) is 12.3 Å². The van der Waals surface area contributed by atoms with E-state index in [9.17, 15) is 0 Å². The first kappa shape index (κ1) is 6.99. The Bertz CT molecular complexity index is 190. The summed E-state index contributed by atoms with van der Waals surface area (Å²) in [7, 11) is 1.57. The first-order chi connectivity index (χ1) is 4.88. The molecule has 1 heterocycles. The van der Waals surface area contributed by atoms with Crippen LogP contribution in [0.5, 0.6) is 5.88 Å². The highest BCUT2D eigenvalue weighted by Crippen LogP contribution is 2.11. The van der Waals surface area contributed by atoms with Gasteiger partial charge >= 0.3 is 0 Å². The summed E-state index contributed by atoms with van der Waals surface area (Å²) in [6.07, 6.45) is 2.31. The summed E-state index contributed by atoms with van der Waals surface area (Å²) in [5.74, 6) is 0.567. The number of rotatable bonds is 2. The SMILES string of the molecule is [CH2]Cc1ccnnc1OC. The molecule has 1 radical (unpaired) electrons. The van der Waals surface area contributed by atoms with Gasteiger partial charge in [-0.05, 0) is 19.4 Å². The zero-order valence-corrected chi connectivity index (χ0v) is 5.87. The van der Waals surface area contributed by atoms with Gasteiger partial charge in [0.05, 0.1) is 13.3 Å². The molecule has 0 saturated carbocycles. The van der Waals surface area contributed by atoms with Crippen molar-refractivity contribution < 1.29 is 4.74 Å². The Labute approximate surface area is 60.0 Å². The third-order valence-corrected chi connectivity index (χ3v) is 1.23. The van der Waals surface area contributed by atoms with Gasteiger partial charge in [-0.1, -0.05) is 0 Å². The first-order valence-electron chi connectivity index (χ1n) is 3.02. The van der Waals surface area contributed by atoms with Crippen LogP contribution < -0.4 is 4.74 Å². The molecule has 0 N–H and O–H groups in total. The second kappa shape index (κ2) is 3.15. The lowest BCUT2D eigenvalue weighted by Crippen LogP contribution is -1.94. The summed E-state index contributed by atoms with van der Waals surface area (Å²) < 4.78 is 4.92. The fourth-order valence-corrected chi connectivity index (χ4v) is 0.707. The first-order valence-corrected chi connectivity index (χ1v) is 3.02. The van der Waals surface area contributed by atoms with E-state index in [0.717, 1.165) is 5.56 Å². The lowest BCUT2D eigenvalue weighted by molar-refractivity contribution is 0.387. The third kappa shape index (κ3) is 1.23. The summed E-state index contributed by atoms with van der Waals surface area (Å²) in [5, 5.41) is 7.42. The molecule has 0 fully saturated rings. The van der Waals surface area contributed by atoms with Crippen molar-refractivity contribution in [3.05, 3.63) is 24.8 Å². The zero-order chi connectivity index (χ0) is 7.40. The minimum atomic E-state index is 0.567. The largest absolute Gasteiger partial charge is 0.480 e. The molecule has 0 spiro atoms. The summed E-state index contributed by atoms with van der Waals surface area (Å²) in [4.78, 5) is 0. The number of nitrogens with zero attached hydrogens (tertiary/aromatic N) is 2. The van der Waals surface area contributed by atoms with Gasteiger partial charge in [0.15, 0.2) is 0 Å². The van der Waals surface area contributed by atoms with Crippen LogP contribution >= 0.6 is 0 Å². The van der Waals surface area contributed by atoms with Crippen LogP contribution in [-0.4, -0.2) is 17.3 Å². The van der Waals surface area contributed by atoms with Crippen molar-refractivity contribution >= 4 is 0 Å². The average Bonchev–Trinajstić information content (AvgIpc) is 2.04. The number of hydrogen-bond acceptors (Lipinski definition) is 3. The lowest BCUT2D eigenvalue weighted by Gasteiger charge is -2.00. The van der Waals surface area contributed by atoms with Crippen LogP contribution in [-0.2, 0) is 6.42 Å². The summed E-state index contributed by atoms with van der Waals surface area (Å²) in [6, 6.07) is 1.85. The number of hydrogen-bond donors (Lipinski definition) is 0. The smallest absolute Gasteiger partial charge is 0.236 e. The summed E-state index contributed by atoms with van der Waals surface area (Å²) >= 11 is 0. The monoisotopic (exact) mass is 137 g/mol. The van der Waals surface area contributed by atoms with E-state index < -0.39 is 0 Å². The highest BCUT2D eigenvalue weighted by molar-refractivity contribution is 5.23. The number of aromatic nitrogens is 2. The lowest BCUT2D eigenvalue weighted by atomic mass is 10.2. The molecule has 1 rings (SSSR count). The molecule has 0 saturated heterocycles. The van der Waals surface area contributed by atoms with Gasteiger partial charge in [0.25, 0.3) is 0 Å². The van der Waals surface area contributed by atoms with Gasteiger partial charge in [-0.3, -0.25) is 0 Å². The van der Waals surface area contributed by atoms with Crippen molar-refractivity contribution in [3.8, 4) is 5.88 Å². The zero-order valence-electron chi connectivity index (χ0n) is 5.87. The second-order valence-corrected chi connectivity index (χ2v) is 1.82. The van der Waals surface area contributed by atoms with Crippen LogP contribution in [0.4, 0.5) is 0 Å². The minimum absolute atomic E-state index is 0.567. The van der Waals surface area contributed by atoms with Crippen LogP contribution in [0.25, 0.3) is 0 Å². The Balaban J connectivity index is 2.96. The van der Waals surface area contributed by atoms with Crippen molar-refractivity contribution in [2.75, 3.05) is 7.11 Å². The number of methoxy groups -OCH3 is 1. The Morgan fingerprint density at radius 1 is 1.70 bits per heavy atom. The Hall–Kier alpha value is -1.12. The minimum Gasteiger partial charge on any atom is -0.480 e. The van der Waals surface area contributed by atoms with Crippen LogP contribution in [0.1, 0.15) is 5.56 Å². The maximum atomic E-state index is 4.92. The number of ether oxygens (including phenoxy) is 1. The second-order valence-electron chi connectivity index (χ2n) is 1.82. The fraction of sp³-hybridized carbons (Fsp3) is 0.286.